The molecule has 1 aliphatic rings. The highest BCUT2D eigenvalue weighted by atomic mass is 31.1. The summed E-state index contributed by atoms with van der Waals surface area (Å²) in [6.07, 6.45) is 5.49. The predicted molar refractivity (Wildman–Crippen MR) is 259 cm³/mol. The summed E-state index contributed by atoms with van der Waals surface area (Å²) in [5.41, 5.74) is 17.0. The summed E-state index contributed by atoms with van der Waals surface area (Å²) >= 11 is 0. The molecule has 2 heteroatoms. The van der Waals surface area contributed by atoms with E-state index in [0.29, 0.717) is 54.1 Å². The fourth-order valence-electron chi connectivity index (χ4n) is 9.55. The van der Waals surface area contributed by atoms with Gasteiger partial charge in [0.15, 0.2) is 0 Å². The molecule has 0 aromatic heterocycles. The van der Waals surface area contributed by atoms with E-state index in [-0.39, 0.29) is 11.3 Å². The van der Waals surface area contributed by atoms with Gasteiger partial charge in [0.1, 0.15) is 5.78 Å². The third kappa shape index (κ3) is 9.27. The van der Waals surface area contributed by atoms with Crippen molar-refractivity contribution in [3.63, 3.8) is 0 Å². The normalized spacial score (nSPS) is 19.2. The first-order chi connectivity index (χ1) is 28.3. The SMILES string of the molecule is CCC(C)c1cccc(C(C)CC)c1-c1cccc(-c2c(C(C)CC)cccc2C(C)CC)c1P1C(c2ccc(C(C)C)cc2)CC(=O)CC1c1ccc(C(C)C)cc1. The molecule has 1 aliphatic heterocycles. The van der Waals surface area contributed by atoms with Gasteiger partial charge < -0.3 is 0 Å². The maximum absolute atomic E-state index is 14.4. The van der Waals surface area contributed by atoms with Gasteiger partial charge in [-0.1, -0.05) is 194 Å². The van der Waals surface area contributed by atoms with Crippen LogP contribution in [0.25, 0.3) is 22.3 Å². The minimum Gasteiger partial charge on any atom is -0.300 e. The van der Waals surface area contributed by atoms with Crippen molar-refractivity contribution < 1.29 is 4.79 Å². The third-order valence-electron chi connectivity index (χ3n) is 14.2. The lowest BCUT2D eigenvalue weighted by molar-refractivity contribution is -0.119. The maximum Gasteiger partial charge on any atom is 0.134 e. The average Bonchev–Trinajstić information content (AvgIpc) is 3.26. The molecule has 312 valence electrons. The van der Waals surface area contributed by atoms with Crippen LogP contribution in [0, 0.1) is 0 Å². The molecule has 1 nitrogen and oxygen atoms in total. The van der Waals surface area contributed by atoms with Gasteiger partial charge in [0.2, 0.25) is 0 Å². The lowest BCUT2D eigenvalue weighted by Crippen LogP contribution is -2.26. The van der Waals surface area contributed by atoms with Crippen LogP contribution in [-0.4, -0.2) is 5.78 Å². The number of ketones is 1. The fraction of sp³-hybridized carbons (Fsp3) is 0.456. The van der Waals surface area contributed by atoms with Crippen LogP contribution < -0.4 is 5.30 Å². The smallest absolute Gasteiger partial charge is 0.134 e. The van der Waals surface area contributed by atoms with Crippen LogP contribution in [-0.2, 0) is 4.79 Å². The molecule has 1 fully saturated rings. The molecule has 6 rings (SSSR count). The van der Waals surface area contributed by atoms with E-state index in [4.69, 9.17) is 0 Å². The van der Waals surface area contributed by atoms with Crippen LogP contribution in [0.4, 0.5) is 0 Å². The molecule has 5 aromatic rings. The van der Waals surface area contributed by atoms with Gasteiger partial charge >= 0.3 is 0 Å². The molecule has 0 spiro atoms. The van der Waals surface area contributed by atoms with Gasteiger partial charge in [-0.2, -0.15) is 0 Å². The monoisotopic (exact) mass is 805 g/mol. The molecule has 1 heterocycles. The summed E-state index contributed by atoms with van der Waals surface area (Å²) in [5.74, 6) is 2.93. The summed E-state index contributed by atoms with van der Waals surface area (Å²) in [6.45, 7) is 28.2. The molecule has 6 atom stereocenters. The molecule has 1 saturated heterocycles. The summed E-state index contributed by atoms with van der Waals surface area (Å²) in [4.78, 5) is 14.4. The van der Waals surface area contributed by atoms with Crippen molar-refractivity contribution in [2.24, 2.45) is 0 Å². The quantitative estimate of drug-likeness (QED) is 0.0964. The van der Waals surface area contributed by atoms with E-state index in [2.05, 4.69) is 186 Å². The lowest BCUT2D eigenvalue weighted by Gasteiger charge is -2.42. The average molecular weight is 805 g/mol. The molecular formula is C57H73OP. The maximum atomic E-state index is 14.4. The molecule has 5 aromatic carbocycles. The van der Waals surface area contributed by atoms with Gasteiger partial charge in [0, 0.05) is 24.2 Å². The van der Waals surface area contributed by atoms with Gasteiger partial charge in [-0.05, 0) is 133 Å². The standard InChI is InChI=1S/C57H73OP/c1-13-38(9)47-20-17-21-48(39(10)14-2)55(47)51-24-19-25-52(56-49(40(11)15-3)22-18-23-50(56)41(12)16-4)57(51)59-53(44-30-26-42(27-31-44)36(5)6)34-46(58)35-54(59)45-32-28-43(29-33-45)37(7)8/h17-33,36-41,53-54H,13-16,34-35H2,1-12H3. The van der Waals surface area contributed by atoms with E-state index in [1.165, 1.54) is 72.1 Å². The first-order valence-corrected chi connectivity index (χ1v) is 24.7. The van der Waals surface area contributed by atoms with Crippen molar-refractivity contribution in [1.29, 1.82) is 0 Å². The van der Waals surface area contributed by atoms with E-state index in [9.17, 15) is 4.79 Å². The topological polar surface area (TPSA) is 17.1 Å². The highest BCUT2D eigenvalue weighted by Gasteiger charge is 2.42. The van der Waals surface area contributed by atoms with Gasteiger partial charge in [-0.15, -0.1) is 0 Å². The van der Waals surface area contributed by atoms with Crippen LogP contribution in [0.1, 0.15) is 213 Å². The molecule has 0 saturated carbocycles. The second-order valence-corrected chi connectivity index (χ2v) is 21.1. The van der Waals surface area contributed by atoms with Crippen molar-refractivity contribution >= 4 is 19.0 Å². The predicted octanol–water partition coefficient (Wildman–Crippen LogP) is 17.3. The largest absolute Gasteiger partial charge is 0.300 e. The van der Waals surface area contributed by atoms with Crippen LogP contribution in [0.2, 0.25) is 0 Å². The van der Waals surface area contributed by atoms with Crippen LogP contribution in [0.3, 0.4) is 0 Å². The Morgan fingerprint density at radius 2 is 0.763 bits per heavy atom. The first-order valence-electron chi connectivity index (χ1n) is 23.2. The fourth-order valence-corrected chi connectivity index (χ4v) is 13.3. The molecule has 0 N–H and O–H groups in total. The minimum atomic E-state index is -0.976. The van der Waals surface area contributed by atoms with Crippen LogP contribution in [0.5, 0.6) is 0 Å². The molecule has 59 heavy (non-hydrogen) atoms. The van der Waals surface area contributed by atoms with E-state index in [0.717, 1.165) is 25.7 Å². The van der Waals surface area contributed by atoms with Crippen molar-refractivity contribution in [3.05, 3.63) is 148 Å². The summed E-state index contributed by atoms with van der Waals surface area (Å²) in [6, 6.07) is 40.5. The number of hydrogen-bond donors (Lipinski definition) is 0. The van der Waals surface area contributed by atoms with Gasteiger partial charge in [0.05, 0.1) is 0 Å². The highest BCUT2D eigenvalue weighted by molar-refractivity contribution is 7.67. The minimum absolute atomic E-state index is 0.0905. The second-order valence-electron chi connectivity index (χ2n) is 18.6. The Balaban J connectivity index is 1.82. The Kier molecular flexibility index (Phi) is 15.0. The van der Waals surface area contributed by atoms with E-state index in [1.54, 1.807) is 0 Å². The Hall–Kier alpha value is -3.80. The molecular weight excluding hydrogens is 732 g/mol. The highest BCUT2D eigenvalue weighted by Crippen LogP contribution is 2.68. The third-order valence-corrected chi connectivity index (χ3v) is 17.5. The molecule has 6 unspecified atom stereocenters. The van der Waals surface area contributed by atoms with E-state index >= 15 is 0 Å². The molecule has 0 radical (unpaired) electrons. The zero-order chi connectivity index (χ0) is 42.5. The number of carbonyl (C=O) groups excluding carboxylic acids is 1. The number of benzene rings is 5. The number of rotatable bonds is 15. The van der Waals surface area contributed by atoms with Crippen molar-refractivity contribution in [1.82, 2.24) is 0 Å². The van der Waals surface area contributed by atoms with Crippen LogP contribution in [0.15, 0.2) is 103 Å². The Bertz CT molecular complexity index is 1970. The van der Waals surface area contributed by atoms with Crippen molar-refractivity contribution in [3.8, 4) is 22.3 Å². The van der Waals surface area contributed by atoms with E-state index < -0.39 is 7.92 Å². The second kappa shape index (κ2) is 19.7. The van der Waals surface area contributed by atoms with Gasteiger partial charge in [-0.25, -0.2) is 0 Å². The number of carbonyl (C=O) groups is 1. The zero-order valence-corrected chi connectivity index (χ0v) is 39.4. The first kappa shape index (κ1) is 44.7. The molecule has 0 bridgehead atoms. The Labute approximate surface area is 360 Å². The molecule has 0 amide bonds. The van der Waals surface area contributed by atoms with Crippen LogP contribution >= 0.6 is 7.92 Å². The Morgan fingerprint density at radius 3 is 1.05 bits per heavy atom. The zero-order valence-electron chi connectivity index (χ0n) is 38.5. The Morgan fingerprint density at radius 1 is 0.458 bits per heavy atom. The lowest BCUT2D eigenvalue weighted by atomic mass is 9.80. The van der Waals surface area contributed by atoms with Gasteiger partial charge in [-0.3, -0.25) is 4.79 Å². The van der Waals surface area contributed by atoms with Crippen molar-refractivity contribution in [2.45, 2.75) is 168 Å². The van der Waals surface area contributed by atoms with Gasteiger partial charge in [0.25, 0.3) is 0 Å². The number of Topliss-reactive ketones (excluding diaryl/α,β-unsaturated/α-hetero) is 1. The van der Waals surface area contributed by atoms with E-state index in [1.807, 2.05) is 0 Å². The van der Waals surface area contributed by atoms with Crippen molar-refractivity contribution in [2.75, 3.05) is 0 Å². The molecule has 0 aliphatic carbocycles. The number of hydrogen-bond acceptors (Lipinski definition) is 1. The summed E-state index contributed by atoms with van der Waals surface area (Å²) in [7, 11) is -0.976. The summed E-state index contributed by atoms with van der Waals surface area (Å²) < 4.78 is 0. The summed E-state index contributed by atoms with van der Waals surface area (Å²) in [5, 5.41) is 1.51.